The average molecular weight is 609 g/mol. The van der Waals surface area contributed by atoms with E-state index in [0.29, 0.717) is 28.1 Å². The molecule has 0 bridgehead atoms. The highest BCUT2D eigenvalue weighted by atomic mass is 19.4. The molecule has 1 unspecified atom stereocenters. The Balaban J connectivity index is 1.60. The lowest BCUT2D eigenvalue weighted by Crippen LogP contribution is -2.36. The molecule has 43 heavy (non-hydrogen) atoms. The molecule has 1 aromatic heterocycles. The fraction of sp³-hybridized carbons (Fsp3) is 0.179. The fourth-order valence-corrected chi connectivity index (χ4v) is 3.88. The molecule has 3 aromatic carbocycles. The number of alkyl halides is 6. The first-order chi connectivity index (χ1) is 20.2. The van der Waals surface area contributed by atoms with Gasteiger partial charge in [-0.15, -0.1) is 26.3 Å². The van der Waals surface area contributed by atoms with Crippen molar-refractivity contribution in [2.75, 3.05) is 6.54 Å². The maximum Gasteiger partial charge on any atom is 0.573 e. The largest absolute Gasteiger partial charge is 0.573 e. The second kappa shape index (κ2) is 12.4. The van der Waals surface area contributed by atoms with Gasteiger partial charge in [0.05, 0.1) is 24.5 Å². The molecule has 15 heteroatoms. The number of hydrogen-bond donors (Lipinski definition) is 3. The molecule has 0 radical (unpaired) electrons. The van der Waals surface area contributed by atoms with Crippen molar-refractivity contribution in [2.45, 2.75) is 25.4 Å². The third kappa shape index (κ3) is 8.72. The van der Waals surface area contributed by atoms with Crippen molar-refractivity contribution in [1.29, 1.82) is 0 Å². The van der Waals surface area contributed by atoms with Crippen LogP contribution in [0, 0.1) is 0 Å². The monoisotopic (exact) mass is 609 g/mol. The van der Waals surface area contributed by atoms with Crippen molar-refractivity contribution in [3.63, 3.8) is 0 Å². The summed E-state index contributed by atoms with van der Waals surface area (Å²) in [6.45, 7) is -0.378. The molecule has 0 aliphatic carbocycles. The Hall–Kier alpha value is -5.05. The molecule has 3 N–H and O–H groups in total. The van der Waals surface area contributed by atoms with Gasteiger partial charge in [0.1, 0.15) is 11.5 Å². The molecule has 9 nitrogen and oxygen atoms in total. The quantitative estimate of drug-likeness (QED) is 0.210. The summed E-state index contributed by atoms with van der Waals surface area (Å²) < 4.78 is 84.8. The molecular weight excluding hydrogens is 588 g/mol. The van der Waals surface area contributed by atoms with E-state index in [1.807, 2.05) is 0 Å². The molecule has 4 rings (SSSR count). The van der Waals surface area contributed by atoms with Crippen LogP contribution in [0.4, 0.5) is 26.3 Å². The van der Waals surface area contributed by atoms with Gasteiger partial charge in [-0.25, -0.2) is 4.79 Å². The summed E-state index contributed by atoms with van der Waals surface area (Å²) in [5.74, 6) is -2.98. The number of halogens is 6. The Bertz CT molecular complexity index is 1570. The van der Waals surface area contributed by atoms with Gasteiger partial charge in [-0.2, -0.15) is 5.10 Å². The number of rotatable bonds is 10. The number of aliphatic carboxylic acids is 1. The lowest BCUT2D eigenvalue weighted by molar-refractivity contribution is -0.275. The average Bonchev–Trinajstić information content (AvgIpc) is 3.34. The number of nitrogens with one attached hydrogen (secondary N) is 1. The summed E-state index contributed by atoms with van der Waals surface area (Å²) in [5.41, 5.74) is 2.51. The number of benzene rings is 3. The molecule has 4 aromatic rings. The Labute approximate surface area is 238 Å². The molecule has 0 saturated carbocycles. The van der Waals surface area contributed by atoms with Crippen LogP contribution in [0.3, 0.4) is 0 Å². The van der Waals surface area contributed by atoms with Crippen LogP contribution >= 0.6 is 0 Å². The predicted octanol–water partition coefficient (Wildman–Crippen LogP) is 5.24. The van der Waals surface area contributed by atoms with Crippen molar-refractivity contribution < 1.29 is 55.6 Å². The van der Waals surface area contributed by atoms with E-state index in [-0.39, 0.29) is 12.1 Å². The lowest BCUT2D eigenvalue weighted by atomic mass is 10.1. The van der Waals surface area contributed by atoms with Crippen LogP contribution < -0.4 is 14.8 Å². The van der Waals surface area contributed by atoms with Crippen LogP contribution in [0.1, 0.15) is 15.9 Å². The van der Waals surface area contributed by atoms with Crippen LogP contribution in [0.2, 0.25) is 0 Å². The van der Waals surface area contributed by atoms with Gasteiger partial charge in [0.2, 0.25) is 0 Å². The van der Waals surface area contributed by atoms with E-state index >= 15 is 0 Å². The topological polar surface area (TPSA) is 123 Å². The van der Waals surface area contributed by atoms with Crippen molar-refractivity contribution in [1.82, 2.24) is 15.1 Å². The summed E-state index contributed by atoms with van der Waals surface area (Å²) in [4.78, 5) is 23.0. The molecule has 0 spiro atoms. The van der Waals surface area contributed by atoms with Gasteiger partial charge in [0.25, 0.3) is 5.91 Å². The normalized spacial score (nSPS) is 12.4. The van der Waals surface area contributed by atoms with E-state index in [1.54, 1.807) is 18.2 Å². The number of aliphatic hydroxyl groups excluding tert-OH is 1. The standard InChI is InChI=1S/C28H21F6N3O6/c29-27(30,31)42-20-9-5-17(6-10-20)22-13-23(18-7-11-21(12-8-18)43-28(32,33)34)37(36-22)15-16-1-3-19(4-2-16)25(39)35-14-24(38)26(40)41/h1-13,24,38H,14-15H2,(H,35,39)(H,40,41). The van der Waals surface area contributed by atoms with E-state index in [4.69, 9.17) is 5.11 Å². The van der Waals surface area contributed by atoms with E-state index in [1.165, 1.54) is 41.1 Å². The number of nitrogens with zero attached hydrogens (tertiary/aromatic N) is 2. The second-order valence-corrected chi connectivity index (χ2v) is 8.98. The van der Waals surface area contributed by atoms with Gasteiger partial charge < -0.3 is 25.0 Å². The first-order valence-electron chi connectivity index (χ1n) is 12.2. The Morgan fingerprint density at radius 3 is 1.81 bits per heavy atom. The molecule has 226 valence electrons. The van der Waals surface area contributed by atoms with Crippen LogP contribution in [0.15, 0.2) is 78.9 Å². The van der Waals surface area contributed by atoms with Crippen molar-refractivity contribution >= 4 is 11.9 Å². The molecular formula is C28H21F6N3O6. The van der Waals surface area contributed by atoms with Crippen LogP contribution in [0.5, 0.6) is 11.5 Å². The lowest BCUT2D eigenvalue weighted by Gasteiger charge is -2.11. The van der Waals surface area contributed by atoms with Crippen molar-refractivity contribution in [3.8, 4) is 34.0 Å². The predicted molar refractivity (Wildman–Crippen MR) is 138 cm³/mol. The zero-order chi connectivity index (χ0) is 31.4. The fourth-order valence-electron chi connectivity index (χ4n) is 3.88. The number of amides is 1. The Morgan fingerprint density at radius 1 is 0.814 bits per heavy atom. The number of hydrogen-bond acceptors (Lipinski definition) is 6. The number of aromatic nitrogens is 2. The molecule has 1 amide bonds. The van der Waals surface area contributed by atoms with Gasteiger partial charge >= 0.3 is 18.7 Å². The third-order valence-electron chi connectivity index (χ3n) is 5.84. The summed E-state index contributed by atoms with van der Waals surface area (Å²) in [6, 6.07) is 17.7. The maximum absolute atomic E-state index is 12.6. The van der Waals surface area contributed by atoms with E-state index in [2.05, 4.69) is 19.9 Å². The molecule has 0 aliphatic heterocycles. The minimum absolute atomic E-state index is 0.116. The highest BCUT2D eigenvalue weighted by Gasteiger charge is 2.32. The van der Waals surface area contributed by atoms with Crippen molar-refractivity contribution in [3.05, 3.63) is 90.0 Å². The molecule has 0 aliphatic rings. The molecule has 0 saturated heterocycles. The number of carbonyl (C=O) groups is 2. The van der Waals surface area contributed by atoms with Crippen molar-refractivity contribution in [2.24, 2.45) is 0 Å². The van der Waals surface area contributed by atoms with Crippen LogP contribution in [-0.2, 0) is 11.3 Å². The number of carboxylic acid groups (broad SMARTS) is 1. The first-order valence-corrected chi connectivity index (χ1v) is 12.2. The zero-order valence-electron chi connectivity index (χ0n) is 21.7. The number of carboxylic acids is 1. The van der Waals surface area contributed by atoms with Gasteiger partial charge in [-0.05, 0) is 72.3 Å². The summed E-state index contributed by atoms with van der Waals surface area (Å²) in [7, 11) is 0. The molecule has 0 fully saturated rings. The summed E-state index contributed by atoms with van der Waals surface area (Å²) >= 11 is 0. The van der Waals surface area contributed by atoms with Gasteiger partial charge in [0, 0.05) is 16.7 Å². The van der Waals surface area contributed by atoms with Gasteiger partial charge in [-0.3, -0.25) is 9.48 Å². The number of carbonyl (C=O) groups excluding carboxylic acids is 1. The summed E-state index contributed by atoms with van der Waals surface area (Å²) in [6.07, 6.45) is -11.5. The molecule has 1 atom stereocenters. The Kier molecular flexibility index (Phi) is 8.94. The first kappa shape index (κ1) is 30.9. The van der Waals surface area contributed by atoms with Crippen LogP contribution in [0.25, 0.3) is 22.5 Å². The zero-order valence-corrected chi connectivity index (χ0v) is 21.7. The van der Waals surface area contributed by atoms with E-state index < -0.39 is 48.7 Å². The summed E-state index contributed by atoms with van der Waals surface area (Å²) in [5, 5.41) is 24.9. The Morgan fingerprint density at radius 2 is 1.33 bits per heavy atom. The molecule has 1 heterocycles. The maximum atomic E-state index is 12.6. The minimum atomic E-state index is -4.88. The highest BCUT2D eigenvalue weighted by Crippen LogP contribution is 2.31. The van der Waals surface area contributed by atoms with E-state index in [0.717, 1.165) is 24.3 Å². The third-order valence-corrected chi connectivity index (χ3v) is 5.84. The van der Waals surface area contributed by atoms with Gasteiger partial charge in [-0.1, -0.05) is 12.1 Å². The SMILES string of the molecule is O=C(NCC(O)C(=O)O)c1ccc(Cn2nc(-c3ccc(OC(F)(F)F)cc3)cc2-c2ccc(OC(F)(F)F)cc2)cc1. The minimum Gasteiger partial charge on any atom is -0.479 e. The van der Waals surface area contributed by atoms with E-state index in [9.17, 15) is 41.0 Å². The van der Waals surface area contributed by atoms with Crippen LogP contribution in [-0.4, -0.2) is 57.2 Å². The highest BCUT2D eigenvalue weighted by molar-refractivity contribution is 5.94. The number of ether oxygens (including phenoxy) is 2. The smallest absolute Gasteiger partial charge is 0.479 e. The second-order valence-electron chi connectivity index (χ2n) is 8.98. The number of aliphatic hydroxyl groups is 1. The van der Waals surface area contributed by atoms with Gasteiger partial charge in [0.15, 0.2) is 6.10 Å².